The van der Waals surface area contributed by atoms with Gasteiger partial charge in [0.2, 0.25) is 0 Å². The van der Waals surface area contributed by atoms with Crippen LogP contribution in [0.25, 0.3) is 0 Å². The fourth-order valence-corrected chi connectivity index (χ4v) is 0.954. The summed E-state index contributed by atoms with van der Waals surface area (Å²) in [6, 6.07) is 8.52. The number of nitriles is 1. The van der Waals surface area contributed by atoms with E-state index in [4.69, 9.17) is 10.00 Å². The highest BCUT2D eigenvalue weighted by atomic mass is 19.3. The maximum absolute atomic E-state index is 11.8. The molecule has 1 rings (SSSR count). The summed E-state index contributed by atoms with van der Waals surface area (Å²) < 4.78 is 28.3. The first-order chi connectivity index (χ1) is 6.72. The van der Waals surface area contributed by atoms with Crippen molar-refractivity contribution in [2.24, 2.45) is 0 Å². The molecule has 74 valence electrons. The van der Waals surface area contributed by atoms with Gasteiger partial charge in [0.15, 0.2) is 0 Å². The van der Waals surface area contributed by atoms with Gasteiger partial charge in [0.1, 0.15) is 12.4 Å². The molecule has 0 saturated carbocycles. The van der Waals surface area contributed by atoms with Crippen molar-refractivity contribution in [2.45, 2.75) is 12.8 Å². The fourth-order valence-electron chi connectivity index (χ4n) is 0.954. The molecule has 0 heterocycles. The molecule has 0 atom stereocenters. The first kappa shape index (κ1) is 10.5. The molecular weight excluding hydrogens is 188 g/mol. The van der Waals surface area contributed by atoms with Gasteiger partial charge in [-0.15, -0.1) is 0 Å². The van der Waals surface area contributed by atoms with Crippen LogP contribution in [0.2, 0.25) is 0 Å². The lowest BCUT2D eigenvalue weighted by molar-refractivity contribution is 0.0819. The van der Waals surface area contributed by atoms with Crippen LogP contribution in [0.3, 0.4) is 0 Å². The predicted molar refractivity (Wildman–Crippen MR) is 47.3 cm³/mol. The topological polar surface area (TPSA) is 33.0 Å². The van der Waals surface area contributed by atoms with Crippen LogP contribution in [0.15, 0.2) is 24.3 Å². The van der Waals surface area contributed by atoms with Gasteiger partial charge in [-0.1, -0.05) is 12.1 Å². The first-order valence-electron chi connectivity index (χ1n) is 4.09. The van der Waals surface area contributed by atoms with Crippen LogP contribution in [-0.4, -0.2) is 13.0 Å². The number of alkyl halides is 2. The van der Waals surface area contributed by atoms with Gasteiger partial charge in [0, 0.05) is 0 Å². The van der Waals surface area contributed by atoms with Gasteiger partial charge in [0.25, 0.3) is 6.43 Å². The highest BCUT2D eigenvalue weighted by molar-refractivity contribution is 5.28. The van der Waals surface area contributed by atoms with Crippen molar-refractivity contribution in [1.29, 1.82) is 5.26 Å². The molecule has 1 aromatic rings. The Bertz CT molecular complexity index is 316. The highest BCUT2D eigenvalue weighted by Gasteiger charge is 2.02. The normalized spacial score (nSPS) is 9.86. The van der Waals surface area contributed by atoms with E-state index in [1.807, 2.05) is 6.07 Å². The SMILES string of the molecule is N#CCc1ccc(OCC(F)F)cc1. The Morgan fingerprint density at radius 2 is 1.93 bits per heavy atom. The largest absolute Gasteiger partial charge is 0.488 e. The van der Waals surface area contributed by atoms with Gasteiger partial charge in [-0.05, 0) is 17.7 Å². The molecule has 0 fully saturated rings. The summed E-state index contributed by atoms with van der Waals surface area (Å²) >= 11 is 0. The minimum absolute atomic E-state index is 0.315. The molecule has 0 unspecified atom stereocenters. The van der Waals surface area contributed by atoms with Crippen molar-refractivity contribution >= 4 is 0 Å². The van der Waals surface area contributed by atoms with Crippen LogP contribution < -0.4 is 4.74 Å². The van der Waals surface area contributed by atoms with Gasteiger partial charge < -0.3 is 4.74 Å². The van der Waals surface area contributed by atoms with Crippen molar-refractivity contribution in [2.75, 3.05) is 6.61 Å². The molecule has 2 nitrogen and oxygen atoms in total. The maximum Gasteiger partial charge on any atom is 0.272 e. The van der Waals surface area contributed by atoms with Crippen molar-refractivity contribution in [3.05, 3.63) is 29.8 Å². The zero-order valence-corrected chi connectivity index (χ0v) is 7.41. The van der Waals surface area contributed by atoms with Crippen LogP contribution in [0, 0.1) is 11.3 Å². The molecule has 0 aliphatic carbocycles. The van der Waals surface area contributed by atoms with Gasteiger partial charge in [-0.25, -0.2) is 8.78 Å². The van der Waals surface area contributed by atoms with Crippen molar-refractivity contribution in [3.8, 4) is 11.8 Å². The molecule has 0 aliphatic heterocycles. The molecule has 1 aromatic carbocycles. The van der Waals surface area contributed by atoms with Crippen molar-refractivity contribution in [1.82, 2.24) is 0 Å². The summed E-state index contributed by atoms with van der Waals surface area (Å²) in [5, 5.41) is 8.38. The van der Waals surface area contributed by atoms with Gasteiger partial charge >= 0.3 is 0 Å². The Morgan fingerprint density at radius 1 is 1.29 bits per heavy atom. The lowest BCUT2D eigenvalue weighted by atomic mass is 10.2. The van der Waals surface area contributed by atoms with Crippen molar-refractivity contribution in [3.63, 3.8) is 0 Å². The molecule has 0 aliphatic rings. The quantitative estimate of drug-likeness (QED) is 0.742. The van der Waals surface area contributed by atoms with Gasteiger partial charge in [0.05, 0.1) is 12.5 Å². The van der Waals surface area contributed by atoms with Crippen LogP contribution >= 0.6 is 0 Å². The maximum atomic E-state index is 11.8. The van der Waals surface area contributed by atoms with Crippen LogP contribution in [0.4, 0.5) is 8.78 Å². The van der Waals surface area contributed by atoms with Crippen LogP contribution in [0.5, 0.6) is 5.75 Å². The van der Waals surface area contributed by atoms with E-state index >= 15 is 0 Å². The Balaban J connectivity index is 2.52. The number of hydrogen-bond donors (Lipinski definition) is 0. The third-order valence-corrected chi connectivity index (χ3v) is 1.58. The standard InChI is InChI=1S/C10H9F2NO/c11-10(12)7-14-9-3-1-8(2-4-9)5-6-13/h1-4,10H,5,7H2. The summed E-state index contributed by atoms with van der Waals surface area (Å²) in [6.45, 7) is -0.600. The van der Waals surface area contributed by atoms with Crippen LogP contribution in [-0.2, 0) is 6.42 Å². The third-order valence-electron chi connectivity index (χ3n) is 1.58. The van der Waals surface area contributed by atoms with Gasteiger partial charge in [-0.2, -0.15) is 5.26 Å². The molecular formula is C10H9F2NO. The van der Waals surface area contributed by atoms with E-state index in [9.17, 15) is 8.78 Å². The lowest BCUT2D eigenvalue weighted by Crippen LogP contribution is -2.06. The molecule has 0 N–H and O–H groups in total. The van der Waals surface area contributed by atoms with E-state index in [-0.39, 0.29) is 0 Å². The second-order valence-corrected chi connectivity index (χ2v) is 2.68. The Morgan fingerprint density at radius 3 is 2.43 bits per heavy atom. The second-order valence-electron chi connectivity index (χ2n) is 2.68. The molecule has 0 aromatic heterocycles. The van der Waals surface area contributed by atoms with E-state index in [0.29, 0.717) is 12.2 Å². The summed E-state index contributed by atoms with van der Waals surface area (Å²) in [4.78, 5) is 0. The van der Waals surface area contributed by atoms with Crippen molar-refractivity contribution < 1.29 is 13.5 Å². The number of halogens is 2. The summed E-state index contributed by atoms with van der Waals surface area (Å²) in [5.41, 5.74) is 0.844. The van der Waals surface area contributed by atoms with E-state index in [2.05, 4.69) is 0 Å². The Hall–Kier alpha value is -1.63. The fraction of sp³-hybridized carbons (Fsp3) is 0.300. The van der Waals surface area contributed by atoms with E-state index in [1.165, 1.54) is 0 Å². The average Bonchev–Trinajstić information content (AvgIpc) is 2.17. The van der Waals surface area contributed by atoms with E-state index < -0.39 is 13.0 Å². The Kier molecular flexibility index (Phi) is 3.86. The van der Waals surface area contributed by atoms with E-state index in [1.54, 1.807) is 24.3 Å². The molecule has 0 saturated heterocycles. The molecule has 0 radical (unpaired) electrons. The number of nitrogens with zero attached hydrogens (tertiary/aromatic N) is 1. The summed E-state index contributed by atoms with van der Waals surface area (Å²) in [5.74, 6) is 0.395. The van der Waals surface area contributed by atoms with E-state index in [0.717, 1.165) is 5.56 Å². The predicted octanol–water partition coefficient (Wildman–Crippen LogP) is 2.40. The third kappa shape index (κ3) is 3.40. The minimum atomic E-state index is -2.46. The summed E-state index contributed by atoms with van der Waals surface area (Å²) in [6.07, 6.45) is -2.15. The van der Waals surface area contributed by atoms with Gasteiger partial charge in [-0.3, -0.25) is 0 Å². The zero-order chi connectivity index (χ0) is 10.4. The highest BCUT2D eigenvalue weighted by Crippen LogP contribution is 2.13. The molecule has 14 heavy (non-hydrogen) atoms. The second kappa shape index (κ2) is 5.18. The molecule has 0 bridgehead atoms. The molecule has 0 amide bonds. The molecule has 4 heteroatoms. The average molecular weight is 197 g/mol. The van der Waals surface area contributed by atoms with Crippen LogP contribution in [0.1, 0.15) is 5.56 Å². The zero-order valence-electron chi connectivity index (χ0n) is 7.41. The lowest BCUT2D eigenvalue weighted by Gasteiger charge is -2.05. The minimum Gasteiger partial charge on any atom is -0.488 e. The summed E-state index contributed by atoms with van der Waals surface area (Å²) in [7, 11) is 0. The Labute approximate surface area is 80.7 Å². The number of ether oxygens (including phenoxy) is 1. The number of hydrogen-bond acceptors (Lipinski definition) is 2. The first-order valence-corrected chi connectivity index (χ1v) is 4.09. The number of benzene rings is 1. The number of rotatable bonds is 4. The molecule has 0 spiro atoms. The monoisotopic (exact) mass is 197 g/mol. The smallest absolute Gasteiger partial charge is 0.272 e.